The maximum absolute atomic E-state index is 13.1. The van der Waals surface area contributed by atoms with E-state index in [4.69, 9.17) is 9.47 Å². The summed E-state index contributed by atoms with van der Waals surface area (Å²) in [6.45, 7) is 4.23. The Morgan fingerprint density at radius 2 is 1.60 bits per heavy atom. The van der Waals surface area contributed by atoms with Crippen LogP contribution in [0.2, 0.25) is 0 Å². The summed E-state index contributed by atoms with van der Waals surface area (Å²) >= 11 is 0. The van der Waals surface area contributed by atoms with E-state index in [9.17, 15) is 9.59 Å². The van der Waals surface area contributed by atoms with E-state index in [1.165, 1.54) is 5.56 Å². The van der Waals surface area contributed by atoms with E-state index in [1.54, 1.807) is 44.6 Å². The molecular formula is C29H30N2O4. The van der Waals surface area contributed by atoms with E-state index < -0.39 is 0 Å². The van der Waals surface area contributed by atoms with Gasteiger partial charge in [0.1, 0.15) is 11.5 Å². The molecule has 6 heteroatoms. The number of fused-ring (bicyclic) bond motifs is 1. The lowest BCUT2D eigenvalue weighted by atomic mass is 9.85. The Bertz CT molecular complexity index is 1260. The fourth-order valence-corrected chi connectivity index (χ4v) is 4.22. The van der Waals surface area contributed by atoms with Gasteiger partial charge < -0.3 is 20.1 Å². The predicted molar refractivity (Wildman–Crippen MR) is 138 cm³/mol. The number of ketones is 1. The molecule has 6 nitrogen and oxygen atoms in total. The van der Waals surface area contributed by atoms with Crippen LogP contribution in [0.1, 0.15) is 40.9 Å². The minimum atomic E-state index is -0.175. The lowest BCUT2D eigenvalue weighted by molar-refractivity contribution is -0.115. The second kappa shape index (κ2) is 10.1. The first-order valence-corrected chi connectivity index (χ1v) is 11.5. The van der Waals surface area contributed by atoms with Crippen LogP contribution in [-0.4, -0.2) is 31.4 Å². The molecule has 0 saturated heterocycles. The van der Waals surface area contributed by atoms with Gasteiger partial charge in [0.15, 0.2) is 5.78 Å². The Kier molecular flexibility index (Phi) is 6.92. The monoisotopic (exact) mass is 470 g/mol. The van der Waals surface area contributed by atoms with Gasteiger partial charge in [0, 0.05) is 34.1 Å². The number of rotatable bonds is 7. The summed E-state index contributed by atoms with van der Waals surface area (Å²) in [4.78, 5) is 25.5. The second-order valence-corrected chi connectivity index (χ2v) is 9.28. The maximum atomic E-state index is 13.1. The number of carbonyl (C=O) groups excluding carboxylic acids is 2. The molecule has 1 aliphatic heterocycles. The number of nitrogens with one attached hydrogen (secondary N) is 2. The van der Waals surface area contributed by atoms with Crippen molar-refractivity contribution in [3.63, 3.8) is 0 Å². The van der Waals surface area contributed by atoms with Gasteiger partial charge in [-0.3, -0.25) is 9.59 Å². The fraction of sp³-hybridized carbons (Fsp3) is 0.241. The molecule has 180 valence electrons. The van der Waals surface area contributed by atoms with E-state index in [0.29, 0.717) is 11.3 Å². The Balaban J connectivity index is 1.46. The van der Waals surface area contributed by atoms with Crippen LogP contribution in [-0.2, 0) is 17.6 Å². The molecule has 0 fully saturated rings. The normalized spacial score (nSPS) is 15.0. The van der Waals surface area contributed by atoms with Gasteiger partial charge in [-0.2, -0.15) is 0 Å². The molecule has 0 atom stereocenters. The molecule has 1 heterocycles. The van der Waals surface area contributed by atoms with Crippen LogP contribution in [0.15, 0.2) is 72.8 Å². The molecular weight excluding hydrogens is 440 g/mol. The lowest BCUT2D eigenvalue weighted by Crippen LogP contribution is -2.43. The molecule has 0 saturated carbocycles. The molecule has 0 spiro atoms. The van der Waals surface area contributed by atoms with Crippen molar-refractivity contribution in [2.45, 2.75) is 32.2 Å². The highest BCUT2D eigenvalue weighted by Crippen LogP contribution is 2.32. The zero-order chi connectivity index (χ0) is 25.0. The van der Waals surface area contributed by atoms with Crippen LogP contribution >= 0.6 is 0 Å². The number of allylic oxidation sites excluding steroid dienone is 1. The lowest BCUT2D eigenvalue weighted by Gasteiger charge is -2.35. The number of hydrogen-bond donors (Lipinski definition) is 2. The molecule has 1 aliphatic rings. The first-order chi connectivity index (χ1) is 16.8. The summed E-state index contributed by atoms with van der Waals surface area (Å²) in [7, 11) is 3.24. The van der Waals surface area contributed by atoms with Gasteiger partial charge in [0.25, 0.3) is 0 Å². The van der Waals surface area contributed by atoms with Crippen LogP contribution in [0.3, 0.4) is 0 Å². The average molecular weight is 471 g/mol. The van der Waals surface area contributed by atoms with E-state index in [0.717, 1.165) is 34.7 Å². The maximum Gasteiger partial charge on any atom is 0.228 e. The van der Waals surface area contributed by atoms with Crippen molar-refractivity contribution in [2.75, 3.05) is 19.5 Å². The van der Waals surface area contributed by atoms with Crippen molar-refractivity contribution in [1.29, 1.82) is 0 Å². The first-order valence-electron chi connectivity index (χ1n) is 11.5. The van der Waals surface area contributed by atoms with Crippen molar-refractivity contribution in [3.05, 3.63) is 95.1 Å². The number of amides is 1. The first kappa shape index (κ1) is 24.1. The van der Waals surface area contributed by atoms with E-state index in [-0.39, 0.29) is 23.7 Å². The molecule has 0 aliphatic carbocycles. The molecule has 0 unspecified atom stereocenters. The number of methoxy groups -OCH3 is 2. The molecule has 0 radical (unpaired) electrons. The summed E-state index contributed by atoms with van der Waals surface area (Å²) in [5, 5.41) is 6.37. The summed E-state index contributed by atoms with van der Waals surface area (Å²) in [6, 6.07) is 20.3. The second-order valence-electron chi connectivity index (χ2n) is 9.28. The van der Waals surface area contributed by atoms with Crippen LogP contribution in [0.25, 0.3) is 5.70 Å². The quantitative estimate of drug-likeness (QED) is 0.374. The van der Waals surface area contributed by atoms with E-state index in [2.05, 4.69) is 30.5 Å². The van der Waals surface area contributed by atoms with Crippen LogP contribution in [0.4, 0.5) is 5.69 Å². The minimum Gasteiger partial charge on any atom is -0.497 e. The van der Waals surface area contributed by atoms with Crippen molar-refractivity contribution >= 4 is 23.1 Å². The standard InChI is InChI=1S/C29H30N2O4/c1-29(2)18-21-9-14-24(35-4)16-25(21)26(31-29)17-27(32)20-7-10-22(11-8-20)30-28(33)15-19-5-12-23(34-3)13-6-19/h5-14,16-17,31H,15,18H2,1-4H3,(H,30,33). The number of ether oxygens (including phenoxy) is 2. The van der Waals surface area contributed by atoms with E-state index in [1.807, 2.05) is 36.4 Å². The highest BCUT2D eigenvalue weighted by atomic mass is 16.5. The highest BCUT2D eigenvalue weighted by molar-refractivity contribution is 6.09. The Labute approximate surface area is 206 Å². The fourth-order valence-electron chi connectivity index (χ4n) is 4.22. The van der Waals surface area contributed by atoms with Gasteiger partial charge in [-0.15, -0.1) is 0 Å². The van der Waals surface area contributed by atoms with Gasteiger partial charge in [-0.05, 0) is 79.9 Å². The summed E-state index contributed by atoms with van der Waals surface area (Å²) in [5.41, 5.74) is 4.81. The number of benzene rings is 3. The largest absolute Gasteiger partial charge is 0.497 e. The average Bonchev–Trinajstić information content (AvgIpc) is 2.84. The summed E-state index contributed by atoms with van der Waals surface area (Å²) in [6.07, 6.45) is 2.74. The summed E-state index contributed by atoms with van der Waals surface area (Å²) < 4.78 is 10.5. The smallest absolute Gasteiger partial charge is 0.228 e. The van der Waals surface area contributed by atoms with Crippen LogP contribution in [0.5, 0.6) is 11.5 Å². The zero-order valence-corrected chi connectivity index (χ0v) is 20.5. The molecule has 2 N–H and O–H groups in total. The van der Waals surface area contributed by atoms with Crippen LogP contribution < -0.4 is 20.1 Å². The highest BCUT2D eigenvalue weighted by Gasteiger charge is 2.28. The van der Waals surface area contributed by atoms with Gasteiger partial charge in [-0.25, -0.2) is 0 Å². The van der Waals surface area contributed by atoms with Gasteiger partial charge >= 0.3 is 0 Å². The SMILES string of the molecule is COc1ccc(CC(=O)Nc2ccc(C(=O)C=C3NC(C)(C)Cc4ccc(OC)cc43)cc2)cc1. The Hall–Kier alpha value is -4.06. The molecule has 4 rings (SSSR count). The molecule has 3 aromatic carbocycles. The molecule has 0 bridgehead atoms. The summed E-state index contributed by atoms with van der Waals surface area (Å²) in [5.74, 6) is 1.25. The Morgan fingerprint density at radius 1 is 0.943 bits per heavy atom. The van der Waals surface area contributed by atoms with E-state index >= 15 is 0 Å². The van der Waals surface area contributed by atoms with Crippen molar-refractivity contribution in [1.82, 2.24) is 5.32 Å². The third-order valence-corrected chi connectivity index (χ3v) is 5.96. The van der Waals surface area contributed by atoms with Crippen molar-refractivity contribution in [3.8, 4) is 11.5 Å². The molecule has 1 amide bonds. The third-order valence-electron chi connectivity index (χ3n) is 5.96. The molecule has 0 aromatic heterocycles. The number of carbonyl (C=O) groups is 2. The molecule has 35 heavy (non-hydrogen) atoms. The zero-order valence-electron chi connectivity index (χ0n) is 20.5. The Morgan fingerprint density at radius 3 is 2.26 bits per heavy atom. The third kappa shape index (κ3) is 5.90. The van der Waals surface area contributed by atoms with Gasteiger partial charge in [0.2, 0.25) is 5.91 Å². The van der Waals surface area contributed by atoms with Crippen molar-refractivity contribution in [2.24, 2.45) is 0 Å². The molecule has 3 aromatic rings. The predicted octanol–water partition coefficient (Wildman–Crippen LogP) is 5.03. The minimum absolute atomic E-state index is 0.116. The topological polar surface area (TPSA) is 76.7 Å². The number of anilines is 1. The van der Waals surface area contributed by atoms with Gasteiger partial charge in [0.05, 0.1) is 20.6 Å². The van der Waals surface area contributed by atoms with Crippen LogP contribution in [0, 0.1) is 0 Å². The van der Waals surface area contributed by atoms with Gasteiger partial charge in [-0.1, -0.05) is 18.2 Å². The number of hydrogen-bond acceptors (Lipinski definition) is 5. The van der Waals surface area contributed by atoms with Crippen molar-refractivity contribution < 1.29 is 19.1 Å².